The molecule has 0 amide bonds. The van der Waals surface area contributed by atoms with Gasteiger partial charge >= 0.3 is 0 Å². The Hall–Kier alpha value is -1.23. The van der Waals surface area contributed by atoms with Crippen molar-refractivity contribution in [1.29, 1.82) is 0 Å². The zero-order valence-corrected chi connectivity index (χ0v) is 10.8. The average molecular weight is 322 g/mol. The van der Waals surface area contributed by atoms with Gasteiger partial charge in [0.25, 0.3) is 0 Å². The molecule has 3 rings (SSSR count). The third-order valence-electron chi connectivity index (χ3n) is 2.97. The smallest absolute Gasteiger partial charge is 0.0646 e. The Balaban J connectivity index is 2.22. The van der Waals surface area contributed by atoms with Crippen LogP contribution in [0, 0.1) is 0 Å². The van der Waals surface area contributed by atoms with Gasteiger partial charge in [0.15, 0.2) is 0 Å². The number of hydrogen-bond acceptors (Lipinski definition) is 2. The highest BCUT2D eigenvalue weighted by molar-refractivity contribution is 14.1. The van der Waals surface area contributed by atoms with E-state index in [0.717, 1.165) is 12.1 Å². The van der Waals surface area contributed by atoms with Crippen LogP contribution in [0.1, 0.15) is 11.1 Å². The topological polar surface area (TPSA) is 29.3 Å². The Bertz CT molecular complexity index is 551. The van der Waals surface area contributed by atoms with E-state index in [1.54, 1.807) is 0 Å². The van der Waals surface area contributed by atoms with Crippen molar-refractivity contribution in [3.63, 3.8) is 0 Å². The summed E-state index contributed by atoms with van der Waals surface area (Å²) in [5.41, 5.74) is 12.0. The second kappa shape index (κ2) is 3.66. The molecule has 2 nitrogen and oxygen atoms in total. The number of anilines is 3. The maximum absolute atomic E-state index is 6.03. The third kappa shape index (κ3) is 1.38. The van der Waals surface area contributed by atoms with E-state index in [4.69, 9.17) is 5.73 Å². The Morgan fingerprint density at radius 3 is 2.62 bits per heavy atom. The van der Waals surface area contributed by atoms with Crippen molar-refractivity contribution in [3.8, 4) is 0 Å². The van der Waals surface area contributed by atoms with Crippen LogP contribution in [0.4, 0.5) is 17.1 Å². The summed E-state index contributed by atoms with van der Waals surface area (Å²) in [6.07, 6.45) is 0.928. The van der Waals surface area contributed by atoms with Crippen LogP contribution in [0.15, 0.2) is 42.5 Å². The first-order chi connectivity index (χ1) is 7.77. The highest BCUT2D eigenvalue weighted by atomic mass is 127. The fourth-order valence-corrected chi connectivity index (χ4v) is 3.06. The van der Waals surface area contributed by atoms with Gasteiger partial charge in [0.1, 0.15) is 0 Å². The van der Waals surface area contributed by atoms with E-state index in [0.29, 0.717) is 0 Å². The minimum atomic E-state index is 0.883. The normalized spacial score (nSPS) is 13.2. The fraction of sp³-hybridized carbons (Fsp3) is 0.0769. The maximum Gasteiger partial charge on any atom is 0.0646 e. The lowest BCUT2D eigenvalue weighted by molar-refractivity contribution is 1.14. The molecule has 0 aliphatic carbocycles. The van der Waals surface area contributed by atoms with Crippen LogP contribution >= 0.6 is 22.9 Å². The van der Waals surface area contributed by atoms with E-state index in [-0.39, 0.29) is 0 Å². The van der Waals surface area contributed by atoms with Crippen molar-refractivity contribution >= 4 is 39.9 Å². The average Bonchev–Trinajstić information content (AvgIpc) is 2.31. The molecule has 1 heterocycles. The maximum atomic E-state index is 6.03. The molecule has 0 bridgehead atoms. The van der Waals surface area contributed by atoms with E-state index in [1.165, 1.54) is 22.5 Å². The monoisotopic (exact) mass is 322 g/mol. The van der Waals surface area contributed by atoms with Crippen LogP contribution in [0.3, 0.4) is 0 Å². The van der Waals surface area contributed by atoms with E-state index in [1.807, 2.05) is 12.1 Å². The number of nitrogen functional groups attached to an aromatic ring is 1. The summed E-state index contributed by atoms with van der Waals surface area (Å²) in [5, 5.41) is 0. The molecule has 0 atom stereocenters. The van der Waals surface area contributed by atoms with Gasteiger partial charge in [-0.15, -0.1) is 0 Å². The van der Waals surface area contributed by atoms with E-state index >= 15 is 0 Å². The van der Waals surface area contributed by atoms with E-state index < -0.39 is 0 Å². The van der Waals surface area contributed by atoms with Crippen LogP contribution in [0.5, 0.6) is 0 Å². The minimum Gasteiger partial charge on any atom is -0.398 e. The Morgan fingerprint density at radius 1 is 1.00 bits per heavy atom. The van der Waals surface area contributed by atoms with Crippen LogP contribution in [-0.2, 0) is 6.42 Å². The van der Waals surface area contributed by atoms with Crippen molar-refractivity contribution in [1.82, 2.24) is 0 Å². The summed E-state index contributed by atoms with van der Waals surface area (Å²) in [5.74, 6) is 0. The van der Waals surface area contributed by atoms with Crippen LogP contribution < -0.4 is 8.85 Å². The Kier molecular flexibility index (Phi) is 2.28. The molecule has 0 radical (unpaired) electrons. The van der Waals surface area contributed by atoms with Crippen LogP contribution in [0.25, 0.3) is 0 Å². The van der Waals surface area contributed by atoms with Crippen LogP contribution in [0.2, 0.25) is 0 Å². The highest BCUT2D eigenvalue weighted by Crippen LogP contribution is 2.42. The molecular formula is C13H11IN2. The molecule has 80 valence electrons. The molecule has 0 spiro atoms. The molecule has 2 N–H and O–H groups in total. The van der Waals surface area contributed by atoms with Crippen molar-refractivity contribution in [2.24, 2.45) is 0 Å². The predicted octanol–water partition coefficient (Wildman–Crippen LogP) is 3.66. The molecule has 0 aromatic heterocycles. The Morgan fingerprint density at radius 2 is 1.75 bits per heavy atom. The van der Waals surface area contributed by atoms with Gasteiger partial charge < -0.3 is 5.73 Å². The lowest BCUT2D eigenvalue weighted by Crippen LogP contribution is -2.14. The molecule has 2 aromatic carbocycles. The van der Waals surface area contributed by atoms with Crippen LogP contribution in [-0.4, -0.2) is 0 Å². The molecule has 0 saturated carbocycles. The molecule has 0 unspecified atom stereocenters. The summed E-state index contributed by atoms with van der Waals surface area (Å²) in [7, 11) is 0. The summed E-state index contributed by atoms with van der Waals surface area (Å²) < 4.78 is 2.18. The molecule has 1 aliphatic rings. The van der Waals surface area contributed by atoms with E-state index in [9.17, 15) is 0 Å². The fourth-order valence-electron chi connectivity index (χ4n) is 2.14. The van der Waals surface area contributed by atoms with Gasteiger partial charge in [-0.25, -0.2) is 0 Å². The zero-order valence-electron chi connectivity index (χ0n) is 8.65. The number of rotatable bonds is 0. The largest absolute Gasteiger partial charge is 0.398 e. The van der Waals surface area contributed by atoms with E-state index in [2.05, 4.69) is 56.3 Å². The number of nitrogens with zero attached hydrogens (tertiary/aromatic N) is 1. The van der Waals surface area contributed by atoms with Crippen molar-refractivity contribution in [2.75, 3.05) is 8.85 Å². The summed E-state index contributed by atoms with van der Waals surface area (Å²) in [6, 6.07) is 14.6. The minimum absolute atomic E-state index is 0.883. The number of fused-ring (bicyclic) bond motifs is 2. The molecule has 0 saturated heterocycles. The van der Waals surface area contributed by atoms with Gasteiger partial charge in [-0.2, -0.15) is 0 Å². The summed E-state index contributed by atoms with van der Waals surface area (Å²) >= 11 is 2.33. The SMILES string of the molecule is Nc1cccc2c1Cc1ccccc1N2I. The second-order valence-corrected chi connectivity index (χ2v) is 4.90. The lowest BCUT2D eigenvalue weighted by Gasteiger charge is -2.28. The van der Waals surface area contributed by atoms with Gasteiger partial charge in [-0.05, 0) is 23.8 Å². The first-order valence-corrected chi connectivity index (χ1v) is 6.15. The van der Waals surface area contributed by atoms with Gasteiger partial charge in [-0.3, -0.25) is 3.11 Å². The standard InChI is InChI=1S/C13H11IN2/c14-16-12-6-2-1-4-9(12)8-10-11(15)5-3-7-13(10)16/h1-7H,8,15H2. The predicted molar refractivity (Wildman–Crippen MR) is 76.3 cm³/mol. The molecule has 1 aliphatic heterocycles. The first-order valence-electron chi connectivity index (χ1n) is 5.18. The number of benzene rings is 2. The number of nitrogens with two attached hydrogens (primary N) is 1. The quantitative estimate of drug-likeness (QED) is 0.456. The first kappa shape index (κ1) is 9.96. The lowest BCUT2D eigenvalue weighted by atomic mass is 9.96. The van der Waals surface area contributed by atoms with Crippen molar-refractivity contribution in [2.45, 2.75) is 6.42 Å². The van der Waals surface area contributed by atoms with Gasteiger partial charge in [0.2, 0.25) is 0 Å². The second-order valence-electron chi connectivity index (χ2n) is 3.93. The third-order valence-corrected chi connectivity index (χ3v) is 4.01. The number of halogens is 1. The number of para-hydroxylation sites is 1. The molecule has 16 heavy (non-hydrogen) atoms. The molecule has 0 fully saturated rings. The molecule has 2 aromatic rings. The van der Waals surface area contributed by atoms with Crippen molar-refractivity contribution in [3.05, 3.63) is 53.6 Å². The summed E-state index contributed by atoms with van der Waals surface area (Å²) in [6.45, 7) is 0. The molecular weight excluding hydrogens is 311 g/mol. The Labute approximate surface area is 109 Å². The van der Waals surface area contributed by atoms with Gasteiger partial charge in [-0.1, -0.05) is 24.3 Å². The highest BCUT2D eigenvalue weighted by Gasteiger charge is 2.21. The van der Waals surface area contributed by atoms with Gasteiger partial charge in [0.05, 0.1) is 34.2 Å². The molecule has 3 heteroatoms. The van der Waals surface area contributed by atoms with Gasteiger partial charge in [0, 0.05) is 17.7 Å². The summed E-state index contributed by atoms with van der Waals surface area (Å²) in [4.78, 5) is 0. The number of hydrogen-bond donors (Lipinski definition) is 1. The van der Waals surface area contributed by atoms with Crippen molar-refractivity contribution < 1.29 is 0 Å². The zero-order chi connectivity index (χ0) is 11.1.